The minimum absolute atomic E-state index is 0.0309. The van der Waals surface area contributed by atoms with Gasteiger partial charge in [0.05, 0.1) is 16.8 Å². The van der Waals surface area contributed by atoms with E-state index < -0.39 is 35.9 Å². The van der Waals surface area contributed by atoms with Crippen molar-refractivity contribution in [3.05, 3.63) is 29.6 Å². The van der Waals surface area contributed by atoms with Crippen molar-refractivity contribution in [1.29, 1.82) is 0 Å². The molecule has 1 aromatic carbocycles. The number of hydrogen-bond acceptors (Lipinski definition) is 2. The molecule has 1 saturated heterocycles. The maximum atomic E-state index is 13.9. The molecule has 0 aliphatic carbocycles. The van der Waals surface area contributed by atoms with E-state index in [1.807, 2.05) is 0 Å². The third kappa shape index (κ3) is 2.56. The molecule has 1 heterocycles. The molecule has 0 saturated carbocycles. The first-order valence-electron chi connectivity index (χ1n) is 6.16. The highest BCUT2D eigenvalue weighted by Crippen LogP contribution is 2.37. The Morgan fingerprint density at radius 3 is 1.90 bits per heavy atom. The second kappa shape index (κ2) is 4.46. The van der Waals surface area contributed by atoms with Crippen LogP contribution in [0.2, 0.25) is 0 Å². The molecule has 0 unspecified atom stereocenters. The highest BCUT2D eigenvalue weighted by atomic mass is 19.4. The lowest BCUT2D eigenvalue weighted by atomic mass is 9.78. The summed E-state index contributed by atoms with van der Waals surface area (Å²) in [5.74, 6) is -0.988. The zero-order chi connectivity index (χ0) is 15.3. The quantitative estimate of drug-likeness (QED) is 0.584. The van der Waals surface area contributed by atoms with Crippen LogP contribution in [0.4, 0.5) is 17.6 Å². The van der Waals surface area contributed by atoms with Crippen LogP contribution < -0.4 is 5.46 Å². The highest BCUT2D eigenvalue weighted by molar-refractivity contribution is 6.62. The number of benzene rings is 1. The van der Waals surface area contributed by atoms with Gasteiger partial charge in [0.1, 0.15) is 5.82 Å². The fourth-order valence-corrected chi connectivity index (χ4v) is 1.86. The van der Waals surface area contributed by atoms with Crippen LogP contribution in [0.5, 0.6) is 0 Å². The van der Waals surface area contributed by atoms with E-state index in [2.05, 4.69) is 0 Å². The Balaban J connectivity index is 2.33. The van der Waals surface area contributed by atoms with Crippen LogP contribution in [-0.2, 0) is 15.5 Å². The van der Waals surface area contributed by atoms with Gasteiger partial charge in [-0.3, -0.25) is 0 Å². The van der Waals surface area contributed by atoms with E-state index >= 15 is 0 Å². The summed E-state index contributed by atoms with van der Waals surface area (Å²) in [6.45, 7) is 7.15. The van der Waals surface area contributed by atoms with Crippen LogP contribution in [-0.4, -0.2) is 18.3 Å². The van der Waals surface area contributed by atoms with E-state index in [0.717, 1.165) is 12.1 Å². The lowest BCUT2D eigenvalue weighted by Crippen LogP contribution is -2.41. The van der Waals surface area contributed by atoms with Gasteiger partial charge in [-0.1, -0.05) is 12.1 Å². The maximum absolute atomic E-state index is 13.9. The van der Waals surface area contributed by atoms with Gasteiger partial charge in [-0.2, -0.15) is 13.2 Å². The van der Waals surface area contributed by atoms with Gasteiger partial charge in [0.15, 0.2) is 0 Å². The third-order valence-corrected chi connectivity index (χ3v) is 3.83. The molecule has 0 bridgehead atoms. The summed E-state index contributed by atoms with van der Waals surface area (Å²) in [6, 6.07) is 2.34. The van der Waals surface area contributed by atoms with Gasteiger partial charge in [0.25, 0.3) is 0 Å². The lowest BCUT2D eigenvalue weighted by molar-refractivity contribution is -0.137. The van der Waals surface area contributed by atoms with Gasteiger partial charge in [-0.05, 0) is 33.8 Å². The monoisotopic (exact) mass is 290 g/mol. The maximum Gasteiger partial charge on any atom is 0.497 e. The fourth-order valence-electron chi connectivity index (χ4n) is 1.86. The van der Waals surface area contributed by atoms with E-state index in [4.69, 9.17) is 9.31 Å². The molecule has 0 amide bonds. The van der Waals surface area contributed by atoms with Crippen LogP contribution in [0, 0.1) is 5.82 Å². The largest absolute Gasteiger partial charge is 0.497 e. The molecule has 20 heavy (non-hydrogen) atoms. The Hall–Kier alpha value is -1.08. The van der Waals surface area contributed by atoms with E-state index in [1.54, 1.807) is 27.7 Å². The number of halogens is 4. The van der Waals surface area contributed by atoms with Gasteiger partial charge in [-0.15, -0.1) is 0 Å². The summed E-state index contributed by atoms with van der Waals surface area (Å²) in [6.07, 6.45) is -4.57. The van der Waals surface area contributed by atoms with Crippen LogP contribution in [0.3, 0.4) is 0 Å². The summed E-state index contributed by atoms with van der Waals surface area (Å²) in [4.78, 5) is 0. The molecule has 1 aliphatic heterocycles. The van der Waals surface area contributed by atoms with Crippen molar-refractivity contribution in [3.8, 4) is 0 Å². The van der Waals surface area contributed by atoms with E-state index in [1.165, 1.54) is 0 Å². The summed E-state index contributed by atoms with van der Waals surface area (Å²) in [7, 11) is -1.01. The molecule has 2 rings (SSSR count). The average molecular weight is 290 g/mol. The Morgan fingerprint density at radius 2 is 1.50 bits per heavy atom. The highest BCUT2D eigenvalue weighted by Gasteiger charge is 2.52. The molecule has 1 aromatic rings. The number of hydrogen-bond donors (Lipinski definition) is 0. The molecule has 0 radical (unpaired) electrons. The Labute approximate surface area is 115 Å². The first-order chi connectivity index (χ1) is 8.94. The molecule has 2 nitrogen and oxygen atoms in total. The van der Waals surface area contributed by atoms with Gasteiger partial charge >= 0.3 is 13.3 Å². The molecule has 1 aliphatic rings. The number of alkyl halides is 3. The Kier molecular flexibility index (Phi) is 3.42. The van der Waals surface area contributed by atoms with Gasteiger partial charge < -0.3 is 9.31 Å². The van der Waals surface area contributed by atoms with Crippen molar-refractivity contribution in [1.82, 2.24) is 0 Å². The van der Waals surface area contributed by atoms with Gasteiger partial charge in [-0.25, -0.2) is 4.39 Å². The summed E-state index contributed by atoms with van der Waals surface area (Å²) in [5, 5.41) is 0. The van der Waals surface area contributed by atoms with Crippen LogP contribution in [0.15, 0.2) is 18.2 Å². The molecular formula is C13H15BF4O2. The first-order valence-corrected chi connectivity index (χ1v) is 6.16. The molecule has 7 heteroatoms. The zero-order valence-electron chi connectivity index (χ0n) is 11.6. The molecule has 0 atom stereocenters. The molecule has 0 aromatic heterocycles. The Bertz CT molecular complexity index is 510. The van der Waals surface area contributed by atoms with Crippen molar-refractivity contribution in [2.75, 3.05) is 0 Å². The third-order valence-electron chi connectivity index (χ3n) is 3.83. The molecule has 0 spiro atoms. The topological polar surface area (TPSA) is 18.5 Å². The minimum Gasteiger partial charge on any atom is -0.399 e. The van der Waals surface area contributed by atoms with Gasteiger partial charge in [0.2, 0.25) is 0 Å². The SMILES string of the molecule is CC1(C)OB(c2ccc(C(F)(F)F)cc2F)OC1(C)C. The average Bonchev–Trinajstić information content (AvgIpc) is 2.46. The Morgan fingerprint density at radius 1 is 1.00 bits per heavy atom. The normalized spacial score (nSPS) is 21.3. The van der Waals surface area contributed by atoms with Gasteiger partial charge in [0, 0.05) is 5.46 Å². The van der Waals surface area contributed by atoms with Crippen LogP contribution >= 0.6 is 0 Å². The molecule has 110 valence electrons. The summed E-state index contributed by atoms with van der Waals surface area (Å²) < 4.78 is 62.6. The van der Waals surface area contributed by atoms with Crippen molar-refractivity contribution < 1.29 is 26.9 Å². The summed E-state index contributed by atoms with van der Waals surface area (Å²) in [5.41, 5.74) is -2.41. The second-order valence-corrected chi connectivity index (χ2v) is 5.82. The van der Waals surface area contributed by atoms with E-state index in [-0.39, 0.29) is 5.46 Å². The predicted octanol–water partition coefficient (Wildman–Crippen LogP) is 3.14. The summed E-state index contributed by atoms with van der Waals surface area (Å²) >= 11 is 0. The minimum atomic E-state index is -4.57. The second-order valence-electron chi connectivity index (χ2n) is 5.82. The van der Waals surface area contributed by atoms with Crippen molar-refractivity contribution in [2.24, 2.45) is 0 Å². The van der Waals surface area contributed by atoms with Crippen molar-refractivity contribution in [3.63, 3.8) is 0 Å². The zero-order valence-corrected chi connectivity index (χ0v) is 11.6. The lowest BCUT2D eigenvalue weighted by Gasteiger charge is -2.32. The van der Waals surface area contributed by atoms with Crippen LogP contribution in [0.25, 0.3) is 0 Å². The van der Waals surface area contributed by atoms with E-state index in [0.29, 0.717) is 6.07 Å². The predicted molar refractivity (Wildman–Crippen MR) is 67.1 cm³/mol. The van der Waals surface area contributed by atoms with E-state index in [9.17, 15) is 17.6 Å². The van der Waals surface area contributed by atoms with Crippen molar-refractivity contribution in [2.45, 2.75) is 45.1 Å². The smallest absolute Gasteiger partial charge is 0.399 e. The standard InChI is InChI=1S/C13H15BF4O2/c1-11(2)12(3,4)20-14(19-11)9-6-5-8(7-10(9)15)13(16,17)18/h5-7H,1-4H3. The molecule has 1 fully saturated rings. The number of rotatable bonds is 1. The van der Waals surface area contributed by atoms with Crippen LogP contribution in [0.1, 0.15) is 33.3 Å². The van der Waals surface area contributed by atoms with Crippen molar-refractivity contribution >= 4 is 12.6 Å². The molecule has 0 N–H and O–H groups in total. The molecular weight excluding hydrogens is 275 g/mol. The fraction of sp³-hybridized carbons (Fsp3) is 0.538. The first kappa shape index (κ1) is 15.3.